The fourth-order valence-corrected chi connectivity index (χ4v) is 3.31. The number of anilines is 1. The van der Waals surface area contributed by atoms with Gasteiger partial charge < -0.3 is 15.3 Å². The Balaban J connectivity index is 1.51. The molecular weight excluding hydrogens is 276 g/mol. The lowest BCUT2D eigenvalue weighted by Gasteiger charge is -2.36. The number of nitrogens with zero attached hydrogens (tertiary/aromatic N) is 3. The first-order valence-electron chi connectivity index (χ1n) is 8.45. The van der Waals surface area contributed by atoms with Crippen molar-refractivity contribution in [3.05, 3.63) is 29.8 Å². The first-order chi connectivity index (χ1) is 10.8. The molecule has 1 aromatic carbocycles. The van der Waals surface area contributed by atoms with Gasteiger partial charge in [0.05, 0.1) is 6.61 Å². The van der Waals surface area contributed by atoms with E-state index in [1.54, 1.807) is 0 Å². The molecule has 2 fully saturated rings. The van der Waals surface area contributed by atoms with Gasteiger partial charge in [-0.25, -0.2) is 0 Å². The van der Waals surface area contributed by atoms with Crippen LogP contribution in [0.2, 0.25) is 0 Å². The fraction of sp³-hybridized carbons (Fsp3) is 0.647. The Morgan fingerprint density at radius 3 is 2.18 bits per heavy atom. The zero-order valence-corrected chi connectivity index (χ0v) is 13.4. The Labute approximate surface area is 133 Å². The molecule has 2 saturated heterocycles. The van der Waals surface area contributed by atoms with Crippen molar-refractivity contribution in [3.8, 4) is 0 Å². The number of rotatable bonds is 5. The molecule has 2 N–H and O–H groups in total. The number of β-amino-alcohol motifs (C(OH)–C–C–N with tert-alkyl or cyclic N) is 1. The van der Waals surface area contributed by atoms with Crippen LogP contribution in [0.25, 0.3) is 0 Å². The van der Waals surface area contributed by atoms with Crippen molar-refractivity contribution in [2.75, 3.05) is 70.4 Å². The van der Waals surface area contributed by atoms with Gasteiger partial charge in [-0.3, -0.25) is 9.80 Å². The first kappa shape index (κ1) is 15.7. The van der Waals surface area contributed by atoms with E-state index in [2.05, 4.69) is 44.3 Å². The molecule has 0 atom stereocenters. The topological polar surface area (TPSA) is 42.0 Å². The van der Waals surface area contributed by atoms with Gasteiger partial charge in [-0.05, 0) is 17.7 Å². The summed E-state index contributed by atoms with van der Waals surface area (Å²) < 4.78 is 0. The number of benzene rings is 1. The lowest BCUT2D eigenvalue weighted by atomic mass is 10.1. The van der Waals surface area contributed by atoms with E-state index in [-0.39, 0.29) is 6.61 Å². The van der Waals surface area contributed by atoms with Gasteiger partial charge in [-0.15, -0.1) is 0 Å². The number of piperazine rings is 2. The summed E-state index contributed by atoms with van der Waals surface area (Å²) in [5, 5.41) is 12.4. The zero-order chi connectivity index (χ0) is 15.2. The van der Waals surface area contributed by atoms with Gasteiger partial charge in [0.2, 0.25) is 0 Å². The third kappa shape index (κ3) is 4.20. The van der Waals surface area contributed by atoms with Gasteiger partial charge in [0.25, 0.3) is 0 Å². The predicted molar refractivity (Wildman–Crippen MR) is 90.3 cm³/mol. The maximum absolute atomic E-state index is 9.00. The van der Waals surface area contributed by atoms with Crippen molar-refractivity contribution < 1.29 is 5.11 Å². The van der Waals surface area contributed by atoms with Gasteiger partial charge >= 0.3 is 0 Å². The van der Waals surface area contributed by atoms with Crippen molar-refractivity contribution in [1.82, 2.24) is 15.1 Å². The van der Waals surface area contributed by atoms with Gasteiger partial charge in [0.15, 0.2) is 0 Å². The monoisotopic (exact) mass is 304 g/mol. The summed E-state index contributed by atoms with van der Waals surface area (Å²) >= 11 is 0. The molecule has 0 radical (unpaired) electrons. The highest BCUT2D eigenvalue weighted by Gasteiger charge is 2.16. The van der Waals surface area contributed by atoms with E-state index in [1.165, 1.54) is 11.3 Å². The normalized spacial score (nSPS) is 21.2. The number of aliphatic hydroxyl groups is 1. The van der Waals surface area contributed by atoms with Crippen LogP contribution in [0.4, 0.5) is 5.69 Å². The zero-order valence-electron chi connectivity index (χ0n) is 13.4. The highest BCUT2D eigenvalue weighted by molar-refractivity contribution is 5.48. The Morgan fingerprint density at radius 1 is 0.864 bits per heavy atom. The summed E-state index contributed by atoms with van der Waals surface area (Å²) in [7, 11) is 0. The molecule has 0 aliphatic carbocycles. The van der Waals surface area contributed by atoms with Gasteiger partial charge in [-0.1, -0.05) is 12.1 Å². The average molecular weight is 304 g/mol. The van der Waals surface area contributed by atoms with E-state index in [0.717, 1.165) is 65.4 Å². The quantitative estimate of drug-likeness (QED) is 0.814. The molecule has 22 heavy (non-hydrogen) atoms. The van der Waals surface area contributed by atoms with Crippen LogP contribution in [0.1, 0.15) is 5.56 Å². The highest BCUT2D eigenvalue weighted by atomic mass is 16.3. The van der Waals surface area contributed by atoms with Crippen LogP contribution in [0.15, 0.2) is 24.3 Å². The molecule has 0 saturated carbocycles. The average Bonchev–Trinajstić information content (AvgIpc) is 2.58. The first-order valence-corrected chi connectivity index (χ1v) is 8.45. The minimum atomic E-state index is 0.265. The lowest BCUT2D eigenvalue weighted by Crippen LogP contribution is -2.47. The van der Waals surface area contributed by atoms with Crippen molar-refractivity contribution in [2.45, 2.75) is 6.54 Å². The molecule has 0 amide bonds. The Hall–Kier alpha value is -1.14. The van der Waals surface area contributed by atoms with Crippen molar-refractivity contribution >= 4 is 5.69 Å². The third-order valence-corrected chi connectivity index (χ3v) is 4.71. The highest BCUT2D eigenvalue weighted by Crippen LogP contribution is 2.18. The molecule has 122 valence electrons. The molecule has 5 heteroatoms. The molecular formula is C17H28N4O. The Morgan fingerprint density at radius 2 is 1.55 bits per heavy atom. The number of hydrogen-bond donors (Lipinski definition) is 2. The summed E-state index contributed by atoms with van der Waals surface area (Å²) in [6.07, 6.45) is 0. The van der Waals surface area contributed by atoms with E-state index < -0.39 is 0 Å². The summed E-state index contributed by atoms with van der Waals surface area (Å²) in [4.78, 5) is 7.29. The van der Waals surface area contributed by atoms with E-state index in [4.69, 9.17) is 5.11 Å². The number of nitrogens with one attached hydrogen (secondary N) is 1. The van der Waals surface area contributed by atoms with Crippen molar-refractivity contribution in [3.63, 3.8) is 0 Å². The number of hydrogen-bond acceptors (Lipinski definition) is 5. The Kier molecular flexibility index (Phi) is 5.67. The second-order valence-electron chi connectivity index (χ2n) is 6.24. The molecule has 1 aromatic rings. The van der Waals surface area contributed by atoms with E-state index in [0.29, 0.717) is 0 Å². The van der Waals surface area contributed by atoms with Crippen LogP contribution >= 0.6 is 0 Å². The summed E-state index contributed by atoms with van der Waals surface area (Å²) in [5.41, 5.74) is 2.73. The maximum Gasteiger partial charge on any atom is 0.0558 e. The molecule has 2 aliphatic heterocycles. The van der Waals surface area contributed by atoms with Crippen molar-refractivity contribution in [2.24, 2.45) is 0 Å². The van der Waals surface area contributed by atoms with Crippen LogP contribution in [0, 0.1) is 0 Å². The van der Waals surface area contributed by atoms with Gasteiger partial charge in [-0.2, -0.15) is 0 Å². The summed E-state index contributed by atoms with van der Waals surface area (Å²) in [5.74, 6) is 0. The second kappa shape index (κ2) is 7.92. The van der Waals surface area contributed by atoms with Crippen LogP contribution in [0.5, 0.6) is 0 Å². The fourth-order valence-electron chi connectivity index (χ4n) is 3.31. The lowest BCUT2D eigenvalue weighted by molar-refractivity contribution is 0.189. The summed E-state index contributed by atoms with van der Waals surface area (Å²) in [6, 6.07) is 9.08. The largest absolute Gasteiger partial charge is 0.395 e. The molecule has 0 unspecified atom stereocenters. The third-order valence-electron chi connectivity index (χ3n) is 4.71. The van der Waals surface area contributed by atoms with Gasteiger partial charge in [0.1, 0.15) is 0 Å². The molecule has 5 nitrogen and oxygen atoms in total. The number of aliphatic hydroxyl groups excluding tert-OH is 1. The Bertz CT molecular complexity index is 436. The predicted octanol–water partition coefficient (Wildman–Crippen LogP) is 0.206. The molecule has 0 spiro atoms. The van der Waals surface area contributed by atoms with Crippen LogP contribution in [0.3, 0.4) is 0 Å². The van der Waals surface area contributed by atoms with Crippen molar-refractivity contribution in [1.29, 1.82) is 0 Å². The van der Waals surface area contributed by atoms with Crippen LogP contribution < -0.4 is 10.2 Å². The minimum absolute atomic E-state index is 0.265. The molecule has 0 aromatic heterocycles. The van der Waals surface area contributed by atoms with E-state index in [9.17, 15) is 0 Å². The van der Waals surface area contributed by atoms with E-state index >= 15 is 0 Å². The SMILES string of the molecule is OCCN1CCN(c2ccc(CN3CCNCC3)cc2)CC1. The molecule has 2 aliphatic rings. The summed E-state index contributed by atoms with van der Waals surface area (Å²) in [6.45, 7) is 10.8. The molecule has 2 heterocycles. The molecule has 3 rings (SSSR count). The van der Waals surface area contributed by atoms with Gasteiger partial charge in [0, 0.05) is 71.1 Å². The standard InChI is InChI=1S/C17H28N4O/c22-14-13-19-9-11-21(12-10-19)17-3-1-16(2-4-17)15-20-7-5-18-6-8-20/h1-4,18,22H,5-15H2. The minimum Gasteiger partial charge on any atom is -0.395 e. The van der Waals surface area contributed by atoms with Crippen LogP contribution in [-0.2, 0) is 6.54 Å². The molecule has 0 bridgehead atoms. The second-order valence-corrected chi connectivity index (χ2v) is 6.24. The van der Waals surface area contributed by atoms with E-state index in [1.807, 2.05) is 0 Å². The maximum atomic E-state index is 9.00. The smallest absolute Gasteiger partial charge is 0.0558 e. The van der Waals surface area contributed by atoms with Crippen LogP contribution in [-0.4, -0.2) is 80.4 Å².